The molecular formula is C24H33IN4O3. The van der Waals surface area contributed by atoms with Crippen molar-refractivity contribution in [1.82, 2.24) is 15.5 Å². The first-order valence-electron chi connectivity index (χ1n) is 10.8. The number of carbonyl (C=O) groups is 1. The summed E-state index contributed by atoms with van der Waals surface area (Å²) < 4.78 is 11.1. The van der Waals surface area contributed by atoms with Crippen LogP contribution in [0.4, 0.5) is 0 Å². The van der Waals surface area contributed by atoms with Gasteiger partial charge in [-0.2, -0.15) is 0 Å². The number of ether oxygens (including phenoxy) is 2. The highest BCUT2D eigenvalue weighted by Gasteiger charge is 2.18. The van der Waals surface area contributed by atoms with Gasteiger partial charge in [-0.3, -0.25) is 4.79 Å². The van der Waals surface area contributed by atoms with E-state index < -0.39 is 0 Å². The second-order valence-electron chi connectivity index (χ2n) is 7.34. The van der Waals surface area contributed by atoms with Gasteiger partial charge in [0.2, 0.25) is 0 Å². The summed E-state index contributed by atoms with van der Waals surface area (Å²) in [5, 5.41) is 6.13. The molecule has 7 nitrogen and oxygen atoms in total. The molecule has 0 radical (unpaired) electrons. The molecule has 3 rings (SSSR count). The van der Waals surface area contributed by atoms with Crippen LogP contribution in [0.3, 0.4) is 0 Å². The van der Waals surface area contributed by atoms with Crippen LogP contribution < -0.4 is 20.1 Å². The fourth-order valence-corrected chi connectivity index (χ4v) is 3.59. The van der Waals surface area contributed by atoms with Crippen LogP contribution in [0.5, 0.6) is 11.5 Å². The van der Waals surface area contributed by atoms with Crippen molar-refractivity contribution in [1.29, 1.82) is 0 Å². The molecule has 1 aliphatic rings. The van der Waals surface area contributed by atoms with E-state index in [4.69, 9.17) is 14.5 Å². The van der Waals surface area contributed by atoms with Gasteiger partial charge in [-0.1, -0.05) is 30.3 Å². The number of carbonyl (C=O) groups excluding carboxylic acids is 1. The van der Waals surface area contributed by atoms with Crippen LogP contribution in [-0.2, 0) is 24.3 Å². The molecule has 8 heteroatoms. The summed E-state index contributed by atoms with van der Waals surface area (Å²) in [6.07, 6.45) is 1.02. The van der Waals surface area contributed by atoms with Crippen molar-refractivity contribution in [3.05, 3.63) is 59.2 Å². The molecule has 2 aromatic rings. The molecule has 0 bridgehead atoms. The smallest absolute Gasteiger partial charge is 0.257 e. The number of amides is 1. The molecule has 0 unspecified atom stereocenters. The quantitative estimate of drug-likeness (QED) is 0.299. The molecule has 0 atom stereocenters. The lowest BCUT2D eigenvalue weighted by atomic mass is 10.0. The van der Waals surface area contributed by atoms with E-state index in [1.165, 1.54) is 11.1 Å². The number of nitrogens with zero attached hydrogens (tertiary/aromatic N) is 2. The minimum Gasteiger partial charge on any atom is -0.493 e. The highest BCUT2D eigenvalue weighted by atomic mass is 127. The van der Waals surface area contributed by atoms with Crippen LogP contribution in [0.1, 0.15) is 30.5 Å². The second-order valence-corrected chi connectivity index (χ2v) is 7.34. The van der Waals surface area contributed by atoms with Crippen molar-refractivity contribution in [3.8, 4) is 11.5 Å². The van der Waals surface area contributed by atoms with Crippen molar-refractivity contribution >= 4 is 35.8 Å². The fraction of sp³-hybridized carbons (Fsp3) is 0.417. The first kappa shape index (κ1) is 25.8. The van der Waals surface area contributed by atoms with Gasteiger partial charge in [0.25, 0.3) is 5.91 Å². The zero-order valence-electron chi connectivity index (χ0n) is 19.0. The van der Waals surface area contributed by atoms with Gasteiger partial charge in [-0.05, 0) is 49.1 Å². The Hall–Kier alpha value is -2.49. The number of likely N-dealkylation sites (N-methyl/N-ethyl adjacent to an activating group) is 1. The Kier molecular flexibility index (Phi) is 10.6. The Morgan fingerprint density at radius 1 is 1.06 bits per heavy atom. The zero-order chi connectivity index (χ0) is 22.1. The lowest BCUT2D eigenvalue weighted by Gasteiger charge is -2.31. The highest BCUT2D eigenvalue weighted by Crippen LogP contribution is 2.28. The third-order valence-electron chi connectivity index (χ3n) is 5.14. The average molecular weight is 552 g/mol. The molecule has 0 saturated heterocycles. The lowest BCUT2D eigenvalue weighted by Crippen LogP contribution is -2.44. The monoisotopic (exact) mass is 552 g/mol. The van der Waals surface area contributed by atoms with Gasteiger partial charge in [0.05, 0.1) is 13.7 Å². The molecule has 0 aromatic heterocycles. The third-order valence-corrected chi connectivity index (χ3v) is 5.14. The highest BCUT2D eigenvalue weighted by molar-refractivity contribution is 14.0. The van der Waals surface area contributed by atoms with Crippen molar-refractivity contribution in [2.75, 3.05) is 33.4 Å². The number of aliphatic imine (C=N–C) groups is 1. The number of nitrogens with one attached hydrogen (secondary N) is 2. The summed E-state index contributed by atoms with van der Waals surface area (Å²) in [7, 11) is 1.59. The molecule has 174 valence electrons. The summed E-state index contributed by atoms with van der Waals surface area (Å²) in [5.74, 6) is 1.89. The lowest BCUT2D eigenvalue weighted by molar-refractivity contribution is -0.123. The van der Waals surface area contributed by atoms with E-state index in [2.05, 4.69) is 46.7 Å². The largest absolute Gasteiger partial charge is 0.493 e. The predicted octanol–water partition coefficient (Wildman–Crippen LogP) is 3.35. The second kappa shape index (κ2) is 13.1. The van der Waals surface area contributed by atoms with Crippen LogP contribution in [0.25, 0.3) is 0 Å². The van der Waals surface area contributed by atoms with E-state index in [-0.39, 0.29) is 36.5 Å². The van der Waals surface area contributed by atoms with Crippen molar-refractivity contribution in [3.63, 3.8) is 0 Å². The molecule has 0 spiro atoms. The normalized spacial score (nSPS) is 13.0. The zero-order valence-corrected chi connectivity index (χ0v) is 21.3. The number of guanidine groups is 1. The number of methoxy groups -OCH3 is 1. The van der Waals surface area contributed by atoms with E-state index in [0.717, 1.165) is 37.6 Å². The Morgan fingerprint density at radius 3 is 2.53 bits per heavy atom. The Morgan fingerprint density at radius 2 is 1.81 bits per heavy atom. The van der Waals surface area contributed by atoms with Crippen LogP contribution in [0, 0.1) is 0 Å². The van der Waals surface area contributed by atoms with Gasteiger partial charge >= 0.3 is 0 Å². The van der Waals surface area contributed by atoms with Crippen LogP contribution >= 0.6 is 24.0 Å². The molecule has 0 saturated carbocycles. The van der Waals surface area contributed by atoms with E-state index in [0.29, 0.717) is 24.6 Å². The molecule has 2 N–H and O–H groups in total. The van der Waals surface area contributed by atoms with Crippen molar-refractivity contribution < 1.29 is 14.3 Å². The maximum atomic E-state index is 11.6. The van der Waals surface area contributed by atoms with Gasteiger partial charge in [-0.15, -0.1) is 24.0 Å². The average Bonchev–Trinajstić information content (AvgIpc) is 2.80. The van der Waals surface area contributed by atoms with Gasteiger partial charge in [0, 0.05) is 26.2 Å². The maximum absolute atomic E-state index is 11.6. The summed E-state index contributed by atoms with van der Waals surface area (Å²) >= 11 is 0. The number of benzene rings is 2. The molecule has 1 amide bonds. The van der Waals surface area contributed by atoms with E-state index in [9.17, 15) is 4.79 Å². The van der Waals surface area contributed by atoms with Gasteiger partial charge in [0.1, 0.15) is 0 Å². The number of hydrogen-bond acceptors (Lipinski definition) is 4. The summed E-state index contributed by atoms with van der Waals surface area (Å²) in [5.41, 5.74) is 3.78. The van der Waals surface area contributed by atoms with E-state index in [1.54, 1.807) is 7.11 Å². The van der Waals surface area contributed by atoms with Crippen molar-refractivity contribution in [2.24, 2.45) is 4.99 Å². The molecule has 1 heterocycles. The van der Waals surface area contributed by atoms with Crippen LogP contribution in [0.15, 0.2) is 47.5 Å². The van der Waals surface area contributed by atoms with E-state index in [1.807, 2.05) is 25.1 Å². The summed E-state index contributed by atoms with van der Waals surface area (Å²) in [6, 6.07) is 14.3. The summed E-state index contributed by atoms with van der Waals surface area (Å²) in [4.78, 5) is 18.8. The molecular weight excluding hydrogens is 519 g/mol. The van der Waals surface area contributed by atoms with Gasteiger partial charge < -0.3 is 25.0 Å². The Bertz CT molecular complexity index is 920. The number of fused-ring (bicyclic) bond motifs is 1. The molecule has 1 aliphatic heterocycles. The molecule has 0 fully saturated rings. The standard InChI is InChI=1S/C24H32N4O3.HI/c1-4-25-23(29)17-31-21-11-10-18(14-22(21)30-3)15-27-24(26-5-2)28-13-12-19-8-6-7-9-20(19)16-28;/h6-11,14H,4-5,12-13,15-17H2,1-3H3,(H,25,29)(H,26,27);1H. The third kappa shape index (κ3) is 7.01. The molecule has 2 aromatic carbocycles. The number of halogens is 1. The fourth-order valence-electron chi connectivity index (χ4n) is 3.59. The Balaban J connectivity index is 0.00000363. The van der Waals surface area contributed by atoms with Gasteiger partial charge in [-0.25, -0.2) is 4.99 Å². The minimum absolute atomic E-state index is 0. The Labute approximate surface area is 207 Å². The minimum atomic E-state index is -0.156. The SMILES string of the molecule is CCNC(=O)COc1ccc(CN=C(NCC)N2CCc3ccccc3C2)cc1OC.I. The number of rotatable bonds is 8. The topological polar surface area (TPSA) is 75.2 Å². The first-order valence-corrected chi connectivity index (χ1v) is 10.8. The number of hydrogen-bond donors (Lipinski definition) is 2. The van der Waals surface area contributed by atoms with E-state index >= 15 is 0 Å². The predicted molar refractivity (Wildman–Crippen MR) is 138 cm³/mol. The van der Waals surface area contributed by atoms with Gasteiger partial charge in [0.15, 0.2) is 24.1 Å². The summed E-state index contributed by atoms with van der Waals surface area (Å²) in [6.45, 7) is 7.63. The van der Waals surface area contributed by atoms with Crippen molar-refractivity contribution in [2.45, 2.75) is 33.4 Å². The molecule has 32 heavy (non-hydrogen) atoms. The maximum Gasteiger partial charge on any atom is 0.257 e. The molecule has 0 aliphatic carbocycles. The first-order chi connectivity index (χ1) is 15.1. The van der Waals surface area contributed by atoms with Crippen LogP contribution in [-0.4, -0.2) is 50.1 Å². The van der Waals surface area contributed by atoms with Crippen LogP contribution in [0.2, 0.25) is 0 Å².